The van der Waals surface area contributed by atoms with Gasteiger partial charge in [0.15, 0.2) is 11.5 Å². The third-order valence-electron chi connectivity index (χ3n) is 3.17. The van der Waals surface area contributed by atoms with E-state index in [1.807, 2.05) is 37.4 Å². The van der Waals surface area contributed by atoms with Gasteiger partial charge in [0.1, 0.15) is 0 Å². The second-order valence-corrected chi connectivity index (χ2v) is 4.59. The Morgan fingerprint density at radius 2 is 2.15 bits per heavy atom. The zero-order chi connectivity index (χ0) is 14.4. The number of aromatic hydroxyl groups is 1. The molecule has 0 unspecified atom stereocenters. The zero-order valence-corrected chi connectivity index (χ0v) is 11.8. The number of nitrogens with zero attached hydrogens (tertiary/aromatic N) is 1. The summed E-state index contributed by atoms with van der Waals surface area (Å²) in [6.07, 6.45) is 3.60. The first-order chi connectivity index (χ1) is 9.72. The Labute approximate surface area is 119 Å². The molecular formula is C16H20N2O2. The van der Waals surface area contributed by atoms with Gasteiger partial charge in [0.2, 0.25) is 0 Å². The highest BCUT2D eigenvalue weighted by Crippen LogP contribution is 2.30. The Hall–Kier alpha value is -2.07. The second kappa shape index (κ2) is 6.91. The van der Waals surface area contributed by atoms with E-state index in [1.165, 1.54) is 0 Å². The summed E-state index contributed by atoms with van der Waals surface area (Å²) in [5.74, 6) is 0.737. The molecule has 2 rings (SSSR count). The minimum absolute atomic E-state index is 0.166. The van der Waals surface area contributed by atoms with Gasteiger partial charge in [-0.1, -0.05) is 18.2 Å². The molecule has 0 spiro atoms. The highest BCUT2D eigenvalue weighted by Gasteiger charge is 2.10. The molecule has 4 heteroatoms. The van der Waals surface area contributed by atoms with E-state index >= 15 is 0 Å². The van der Waals surface area contributed by atoms with Crippen molar-refractivity contribution in [3.8, 4) is 11.5 Å². The maximum Gasteiger partial charge on any atom is 0.162 e. The zero-order valence-electron chi connectivity index (χ0n) is 11.8. The topological polar surface area (TPSA) is 54.4 Å². The predicted octanol–water partition coefficient (Wildman–Crippen LogP) is 3.04. The van der Waals surface area contributed by atoms with Gasteiger partial charge in [-0.05, 0) is 31.5 Å². The normalized spacial score (nSPS) is 12.1. The van der Waals surface area contributed by atoms with Crippen LogP contribution in [0.1, 0.15) is 31.0 Å². The van der Waals surface area contributed by atoms with Crippen LogP contribution in [-0.2, 0) is 6.54 Å². The molecule has 106 valence electrons. The molecule has 0 aliphatic heterocycles. The second-order valence-electron chi connectivity index (χ2n) is 4.59. The van der Waals surface area contributed by atoms with E-state index in [0.717, 1.165) is 11.1 Å². The van der Waals surface area contributed by atoms with E-state index < -0.39 is 0 Å². The Morgan fingerprint density at radius 3 is 2.85 bits per heavy atom. The first-order valence-electron chi connectivity index (χ1n) is 6.79. The van der Waals surface area contributed by atoms with Crippen molar-refractivity contribution in [2.24, 2.45) is 0 Å². The molecule has 0 radical (unpaired) electrons. The van der Waals surface area contributed by atoms with Gasteiger partial charge in [0.05, 0.1) is 6.61 Å². The fourth-order valence-electron chi connectivity index (χ4n) is 2.00. The van der Waals surface area contributed by atoms with Crippen LogP contribution in [0, 0.1) is 0 Å². The number of nitrogens with one attached hydrogen (secondary N) is 1. The van der Waals surface area contributed by atoms with Gasteiger partial charge >= 0.3 is 0 Å². The Balaban J connectivity index is 2.02. The maximum atomic E-state index is 10.1. The van der Waals surface area contributed by atoms with Crippen LogP contribution in [0.4, 0.5) is 0 Å². The van der Waals surface area contributed by atoms with Crippen molar-refractivity contribution >= 4 is 0 Å². The number of aromatic nitrogens is 1. The molecule has 4 nitrogen and oxygen atoms in total. The van der Waals surface area contributed by atoms with Crippen molar-refractivity contribution in [1.29, 1.82) is 0 Å². The van der Waals surface area contributed by atoms with Crippen LogP contribution >= 0.6 is 0 Å². The van der Waals surface area contributed by atoms with Crippen molar-refractivity contribution in [3.63, 3.8) is 0 Å². The van der Waals surface area contributed by atoms with Crippen molar-refractivity contribution < 1.29 is 9.84 Å². The number of phenols is 1. The molecule has 20 heavy (non-hydrogen) atoms. The minimum Gasteiger partial charge on any atom is -0.504 e. The third kappa shape index (κ3) is 3.48. The van der Waals surface area contributed by atoms with Gasteiger partial charge in [-0.2, -0.15) is 0 Å². The number of hydrogen-bond acceptors (Lipinski definition) is 4. The number of hydrogen-bond donors (Lipinski definition) is 2. The summed E-state index contributed by atoms with van der Waals surface area (Å²) < 4.78 is 5.38. The molecule has 1 heterocycles. The average Bonchev–Trinajstić information content (AvgIpc) is 2.49. The number of phenolic OH excluding ortho intramolecular Hbond substituents is 1. The number of benzene rings is 1. The van der Waals surface area contributed by atoms with Crippen LogP contribution in [0.15, 0.2) is 42.7 Å². The SMILES string of the molecule is CCOc1cccc(CN[C@@H](C)c2cccnc2)c1O. The minimum atomic E-state index is 0.166. The van der Waals surface area contributed by atoms with Crippen molar-refractivity contribution in [2.75, 3.05) is 6.61 Å². The van der Waals surface area contributed by atoms with E-state index in [2.05, 4.69) is 17.2 Å². The summed E-state index contributed by atoms with van der Waals surface area (Å²) in [6.45, 7) is 5.08. The smallest absolute Gasteiger partial charge is 0.162 e. The molecule has 0 aliphatic rings. The summed E-state index contributed by atoms with van der Waals surface area (Å²) in [4.78, 5) is 4.11. The summed E-state index contributed by atoms with van der Waals surface area (Å²) in [5.41, 5.74) is 1.94. The first-order valence-corrected chi connectivity index (χ1v) is 6.79. The Morgan fingerprint density at radius 1 is 1.30 bits per heavy atom. The first kappa shape index (κ1) is 14.3. The van der Waals surface area contributed by atoms with Crippen LogP contribution in [0.2, 0.25) is 0 Å². The predicted molar refractivity (Wildman–Crippen MR) is 78.8 cm³/mol. The lowest BCUT2D eigenvalue weighted by molar-refractivity contribution is 0.316. The third-order valence-corrected chi connectivity index (χ3v) is 3.17. The van der Waals surface area contributed by atoms with Crippen LogP contribution < -0.4 is 10.1 Å². The fraction of sp³-hybridized carbons (Fsp3) is 0.312. The Bertz CT molecular complexity index is 543. The van der Waals surface area contributed by atoms with E-state index in [0.29, 0.717) is 18.9 Å². The van der Waals surface area contributed by atoms with Gasteiger partial charge in [-0.15, -0.1) is 0 Å². The highest BCUT2D eigenvalue weighted by molar-refractivity contribution is 5.45. The maximum absolute atomic E-state index is 10.1. The van der Waals surface area contributed by atoms with Crippen LogP contribution in [0.3, 0.4) is 0 Å². The van der Waals surface area contributed by atoms with Gasteiger partial charge in [0, 0.05) is 30.5 Å². The largest absolute Gasteiger partial charge is 0.504 e. The summed E-state index contributed by atoms with van der Waals surface area (Å²) in [6, 6.07) is 9.66. The van der Waals surface area contributed by atoms with Crippen molar-refractivity contribution in [3.05, 3.63) is 53.9 Å². The summed E-state index contributed by atoms with van der Waals surface area (Å²) in [7, 11) is 0. The average molecular weight is 272 g/mol. The fourth-order valence-corrected chi connectivity index (χ4v) is 2.00. The lowest BCUT2D eigenvalue weighted by Gasteiger charge is -2.15. The molecule has 0 fully saturated rings. The number of ether oxygens (including phenoxy) is 1. The van der Waals surface area contributed by atoms with Gasteiger partial charge in [0.25, 0.3) is 0 Å². The molecule has 0 aliphatic carbocycles. The monoisotopic (exact) mass is 272 g/mol. The molecule has 2 aromatic rings. The lowest BCUT2D eigenvalue weighted by atomic mass is 10.1. The molecule has 1 atom stereocenters. The molecular weight excluding hydrogens is 252 g/mol. The molecule has 0 amide bonds. The summed E-state index contributed by atoms with van der Waals surface area (Å²) in [5, 5.41) is 13.5. The van der Waals surface area contributed by atoms with E-state index in [-0.39, 0.29) is 11.8 Å². The van der Waals surface area contributed by atoms with Crippen LogP contribution in [0.25, 0.3) is 0 Å². The Kier molecular flexibility index (Phi) is 4.96. The van der Waals surface area contributed by atoms with Crippen LogP contribution in [-0.4, -0.2) is 16.7 Å². The molecule has 2 N–H and O–H groups in total. The number of para-hydroxylation sites is 1. The van der Waals surface area contributed by atoms with Crippen molar-refractivity contribution in [2.45, 2.75) is 26.4 Å². The van der Waals surface area contributed by atoms with E-state index in [4.69, 9.17) is 4.74 Å². The molecule has 0 bridgehead atoms. The number of rotatable bonds is 6. The molecule has 1 aromatic heterocycles. The quantitative estimate of drug-likeness (QED) is 0.848. The summed E-state index contributed by atoms with van der Waals surface area (Å²) >= 11 is 0. The molecule has 1 aromatic carbocycles. The molecule has 0 saturated heterocycles. The van der Waals surface area contributed by atoms with Gasteiger partial charge in [-0.25, -0.2) is 0 Å². The van der Waals surface area contributed by atoms with E-state index in [1.54, 1.807) is 12.3 Å². The number of pyridine rings is 1. The molecule has 0 saturated carbocycles. The van der Waals surface area contributed by atoms with Gasteiger partial charge < -0.3 is 15.2 Å². The van der Waals surface area contributed by atoms with Crippen LogP contribution in [0.5, 0.6) is 11.5 Å². The lowest BCUT2D eigenvalue weighted by Crippen LogP contribution is -2.18. The standard InChI is InChI=1S/C16H20N2O2/c1-3-20-15-8-4-6-14(16(15)19)11-18-12(2)13-7-5-9-17-10-13/h4-10,12,18-19H,3,11H2,1-2H3/t12-/m0/s1. The van der Waals surface area contributed by atoms with E-state index in [9.17, 15) is 5.11 Å². The van der Waals surface area contributed by atoms with Crippen molar-refractivity contribution in [1.82, 2.24) is 10.3 Å². The van der Waals surface area contributed by atoms with Gasteiger partial charge in [-0.3, -0.25) is 4.98 Å². The highest BCUT2D eigenvalue weighted by atomic mass is 16.5.